The van der Waals surface area contributed by atoms with Gasteiger partial charge in [-0.25, -0.2) is 18.2 Å². The highest BCUT2D eigenvalue weighted by atomic mass is 32.2. The molecule has 4 bridgehead atoms. The highest BCUT2D eigenvalue weighted by Crippen LogP contribution is 2.48. The lowest BCUT2D eigenvalue weighted by Crippen LogP contribution is -2.61. The molecule has 10 rings (SSSR count). The second-order valence-electron chi connectivity index (χ2n) is 21.7. The first-order valence-corrected chi connectivity index (χ1v) is 26.3. The average Bonchev–Trinajstić information content (AvgIpc) is 4.25. The van der Waals surface area contributed by atoms with Gasteiger partial charge in [-0.1, -0.05) is 57.2 Å². The van der Waals surface area contributed by atoms with Gasteiger partial charge in [0.1, 0.15) is 41.7 Å². The lowest BCUT2D eigenvalue weighted by atomic mass is 9.70. The molecule has 4 saturated carbocycles. The molecule has 5 heterocycles. The van der Waals surface area contributed by atoms with Crippen molar-refractivity contribution in [2.75, 3.05) is 13.6 Å². The summed E-state index contributed by atoms with van der Waals surface area (Å²) in [7, 11) is -1.79. The van der Waals surface area contributed by atoms with E-state index in [1.54, 1.807) is 13.0 Å². The number of nitrogens with one attached hydrogen (secondary N) is 3. The van der Waals surface area contributed by atoms with Crippen molar-refractivity contribution in [1.82, 2.24) is 30.1 Å². The normalized spacial score (nSPS) is 35.1. The molecule has 10 atom stereocenters. The third kappa shape index (κ3) is 8.55. The van der Waals surface area contributed by atoms with Gasteiger partial charge in [0.25, 0.3) is 5.91 Å². The topological polar surface area (TPSA) is 186 Å². The van der Waals surface area contributed by atoms with Crippen molar-refractivity contribution in [1.29, 1.82) is 0 Å². The minimum absolute atomic E-state index is 0.00417. The predicted octanol–water partition coefficient (Wildman–Crippen LogP) is 6.22. The summed E-state index contributed by atoms with van der Waals surface area (Å²) in [6.45, 7) is 7.51. The smallest absolute Gasteiger partial charge is 0.408 e. The number of carbonyl (C=O) groups excluding carboxylic acids is 4. The monoisotopic (exact) mass is 928 g/mol. The van der Waals surface area contributed by atoms with Gasteiger partial charge >= 0.3 is 6.09 Å². The maximum absolute atomic E-state index is 15.4. The molecule has 66 heavy (non-hydrogen) atoms. The van der Waals surface area contributed by atoms with Crippen LogP contribution < -0.4 is 24.8 Å². The van der Waals surface area contributed by atoms with E-state index in [-0.39, 0.29) is 37.5 Å². The number of amides is 4. The van der Waals surface area contributed by atoms with Crippen molar-refractivity contribution >= 4 is 44.7 Å². The lowest BCUT2D eigenvalue weighted by Gasteiger charge is -2.42. The number of para-hydroxylation sites is 1. The maximum atomic E-state index is 15.4. The summed E-state index contributed by atoms with van der Waals surface area (Å²) in [5.41, 5.74) is -0.581. The third-order valence-electron chi connectivity index (χ3n) is 17.1. The Balaban J connectivity index is 1.01. The molecule has 0 spiro atoms. The number of fused-ring (bicyclic) bond motifs is 7. The van der Waals surface area contributed by atoms with Crippen LogP contribution in [0.2, 0.25) is 0 Å². The molecule has 8 aliphatic rings. The van der Waals surface area contributed by atoms with E-state index in [9.17, 15) is 22.8 Å². The van der Waals surface area contributed by atoms with E-state index in [1.165, 1.54) is 17.7 Å². The second kappa shape index (κ2) is 17.3. The molecule has 1 unspecified atom stereocenters. The predicted molar refractivity (Wildman–Crippen MR) is 247 cm³/mol. The minimum atomic E-state index is -4.01. The van der Waals surface area contributed by atoms with Crippen LogP contribution >= 0.6 is 0 Å². The van der Waals surface area contributed by atoms with Crippen molar-refractivity contribution in [2.24, 2.45) is 17.3 Å². The molecule has 4 amide bonds. The summed E-state index contributed by atoms with van der Waals surface area (Å²) in [6, 6.07) is 6.80. The fourth-order valence-corrected chi connectivity index (χ4v) is 13.4. The highest BCUT2D eigenvalue weighted by Gasteiger charge is 2.63. The van der Waals surface area contributed by atoms with E-state index >= 15 is 4.79 Å². The molecule has 15 nitrogen and oxygen atoms in total. The Bertz CT molecular complexity index is 2370. The number of ether oxygens (including phenoxy) is 3. The van der Waals surface area contributed by atoms with E-state index in [2.05, 4.69) is 39.9 Å². The lowest BCUT2D eigenvalue weighted by molar-refractivity contribution is -0.143. The Morgan fingerprint density at radius 3 is 2.38 bits per heavy atom. The zero-order valence-electron chi connectivity index (χ0n) is 38.9. The summed E-state index contributed by atoms with van der Waals surface area (Å²) in [6.07, 6.45) is 14.7. The average molecular weight is 929 g/mol. The molecule has 16 heteroatoms. The van der Waals surface area contributed by atoms with E-state index in [0.717, 1.165) is 86.4 Å². The SMILES string of the molecule is C=C[C@@H]1C[C@]1(NC(=O)[C@@H]1C[C@@H]2CN1C(=O)[C@H](C1(C)CCCCC1)NC(=O)O[C@@H]1C[C@H]1CCCCCc1c(nc3ccccc3c1OC1C[C@H]3CC[C@@H](C1)N3C)O2)C(=O)NS(=O)(=O)C1(C)CC1. The van der Waals surface area contributed by atoms with Crippen LogP contribution in [0.15, 0.2) is 36.9 Å². The molecule has 3 N–H and O–H groups in total. The van der Waals surface area contributed by atoms with Crippen molar-refractivity contribution in [2.45, 2.75) is 189 Å². The van der Waals surface area contributed by atoms with Gasteiger partial charge in [0, 0.05) is 29.8 Å². The van der Waals surface area contributed by atoms with Gasteiger partial charge in [0.2, 0.25) is 27.7 Å². The van der Waals surface area contributed by atoms with Gasteiger partial charge in [0.05, 0.1) is 22.4 Å². The van der Waals surface area contributed by atoms with Crippen molar-refractivity contribution in [3.8, 4) is 11.6 Å². The van der Waals surface area contributed by atoms with E-state index in [0.29, 0.717) is 50.1 Å². The number of benzene rings is 1. The molecule has 4 aliphatic heterocycles. The Morgan fingerprint density at radius 1 is 0.939 bits per heavy atom. The molecular weight excluding hydrogens is 861 g/mol. The summed E-state index contributed by atoms with van der Waals surface area (Å²) >= 11 is 0. The number of pyridine rings is 1. The largest absolute Gasteiger partial charge is 0.489 e. The number of nitrogens with zero attached hydrogens (tertiary/aromatic N) is 3. The van der Waals surface area contributed by atoms with Gasteiger partial charge in [-0.05, 0) is 121 Å². The Hall–Kier alpha value is -4.44. The van der Waals surface area contributed by atoms with Crippen LogP contribution in [0.25, 0.3) is 10.9 Å². The highest BCUT2D eigenvalue weighted by molar-refractivity contribution is 7.91. The summed E-state index contributed by atoms with van der Waals surface area (Å²) in [4.78, 5) is 67.2. The van der Waals surface area contributed by atoms with Crippen LogP contribution in [0.4, 0.5) is 4.79 Å². The van der Waals surface area contributed by atoms with Crippen LogP contribution in [0, 0.1) is 17.3 Å². The first kappa shape index (κ1) is 45.3. The molecular formula is C50H68N6O9S. The van der Waals surface area contributed by atoms with E-state index in [1.807, 2.05) is 25.1 Å². The van der Waals surface area contributed by atoms with Crippen molar-refractivity contribution < 1.29 is 41.8 Å². The number of rotatable bonds is 9. The summed E-state index contributed by atoms with van der Waals surface area (Å²) in [5, 5.41) is 6.88. The number of hydrogen-bond acceptors (Lipinski definition) is 11. The van der Waals surface area contributed by atoms with E-state index < -0.39 is 73.6 Å². The van der Waals surface area contributed by atoms with Crippen LogP contribution in [-0.4, -0.2) is 113 Å². The number of hydrogen-bond donors (Lipinski definition) is 3. The molecule has 358 valence electrons. The maximum Gasteiger partial charge on any atom is 0.408 e. The summed E-state index contributed by atoms with van der Waals surface area (Å²) < 4.78 is 47.9. The molecule has 4 aliphatic carbocycles. The number of piperidine rings is 1. The fraction of sp³-hybridized carbons (Fsp3) is 0.700. The second-order valence-corrected chi connectivity index (χ2v) is 23.9. The Morgan fingerprint density at radius 2 is 1.67 bits per heavy atom. The zero-order chi connectivity index (χ0) is 46.2. The van der Waals surface area contributed by atoms with Gasteiger partial charge in [-0.15, -0.1) is 6.58 Å². The van der Waals surface area contributed by atoms with E-state index in [4.69, 9.17) is 19.2 Å². The first-order valence-electron chi connectivity index (χ1n) is 24.9. The van der Waals surface area contributed by atoms with Crippen LogP contribution in [0.3, 0.4) is 0 Å². The molecule has 2 aromatic rings. The summed E-state index contributed by atoms with van der Waals surface area (Å²) in [5.74, 6) is -0.920. The molecule has 1 aromatic heterocycles. The van der Waals surface area contributed by atoms with Crippen LogP contribution in [0.5, 0.6) is 11.6 Å². The number of alkyl carbamates (subject to hydrolysis) is 1. The molecule has 3 saturated heterocycles. The quantitative estimate of drug-likeness (QED) is 0.243. The van der Waals surface area contributed by atoms with Gasteiger partial charge in [0.15, 0.2) is 0 Å². The first-order chi connectivity index (χ1) is 31.6. The Labute approximate surface area is 388 Å². The minimum Gasteiger partial charge on any atom is -0.489 e. The molecule has 0 radical (unpaired) electrons. The zero-order valence-corrected chi connectivity index (χ0v) is 39.7. The number of carbonyl (C=O) groups is 4. The van der Waals surface area contributed by atoms with Crippen molar-refractivity contribution in [3.05, 3.63) is 42.5 Å². The van der Waals surface area contributed by atoms with Crippen LogP contribution in [0.1, 0.15) is 135 Å². The molecule has 7 fully saturated rings. The van der Waals surface area contributed by atoms with Gasteiger partial charge < -0.3 is 34.6 Å². The van der Waals surface area contributed by atoms with Crippen molar-refractivity contribution in [3.63, 3.8) is 0 Å². The number of sulfonamides is 1. The Kier molecular flexibility index (Phi) is 11.9. The van der Waals surface area contributed by atoms with Gasteiger partial charge in [-0.3, -0.25) is 19.1 Å². The molecule has 1 aromatic carbocycles. The standard InChI is InChI=1S/C50H68N6O9S/c1-5-31-28-50(31,46(59)54-66(61,62)49(3)22-23-49)53-43(57)39-27-35-29-56(39)45(58)42(48(2)20-12-7-13-21-48)52-47(60)65-40-24-30(40)14-8-6-9-16-37-41(36-15-10-11-17-38(36)51-44(37)64-35)63-34-25-32-18-19-33(26-34)55(32)4/h5,10-11,15,17,30-35,39-40,42H,1,6-9,12-14,16,18-29H2,2-4H3,(H,52,60)(H,53,57)(H,54,59)/t30-,31-,32-,33+,34?,35-,39+,40-,42-,50-/m1/s1. The number of aromatic nitrogens is 1. The fourth-order valence-electron chi connectivity index (χ4n) is 12.1. The van der Waals surface area contributed by atoms with Gasteiger partial charge in [-0.2, -0.15) is 0 Å². The van der Waals surface area contributed by atoms with Crippen LogP contribution in [-0.2, 0) is 35.6 Å². The third-order valence-corrected chi connectivity index (χ3v) is 19.2.